The fourth-order valence-corrected chi connectivity index (χ4v) is 8.59. The van der Waals surface area contributed by atoms with Gasteiger partial charge in [0, 0.05) is 0 Å². The third-order valence-electron chi connectivity index (χ3n) is 7.32. The van der Waals surface area contributed by atoms with Gasteiger partial charge in [-0.3, -0.25) is 0 Å². The Hall–Kier alpha value is -1.86. The number of rotatable bonds is 7. The number of aliphatic hydroxyl groups is 1. The van der Waals surface area contributed by atoms with E-state index in [9.17, 15) is 27.9 Å². The van der Waals surface area contributed by atoms with Crippen molar-refractivity contribution < 1.29 is 27.9 Å². The van der Waals surface area contributed by atoms with Crippen LogP contribution in [0.4, 0.5) is 13.2 Å². The van der Waals surface area contributed by atoms with Crippen LogP contribution in [0, 0.1) is 5.92 Å². The minimum atomic E-state index is -4.54. The average Bonchev–Trinajstić information content (AvgIpc) is 3.32. The molecule has 1 amide bonds. The van der Waals surface area contributed by atoms with Crippen LogP contribution in [0.2, 0.25) is 9.23 Å². The van der Waals surface area contributed by atoms with Crippen molar-refractivity contribution in [1.82, 2.24) is 10.6 Å². The van der Waals surface area contributed by atoms with Gasteiger partial charge in [-0.15, -0.1) is 0 Å². The Balaban J connectivity index is 1.36. The first-order valence-electron chi connectivity index (χ1n) is 11.9. The molecule has 10 heteroatoms. The average molecular weight is 584 g/mol. The zero-order valence-corrected chi connectivity index (χ0v) is 22.2. The second-order valence-corrected chi connectivity index (χ2v) is 13.4. The van der Waals surface area contributed by atoms with E-state index in [0.29, 0.717) is 17.9 Å². The molecule has 193 valence electrons. The Labute approximate surface area is 219 Å². The van der Waals surface area contributed by atoms with Crippen molar-refractivity contribution in [3.8, 4) is 0 Å². The summed E-state index contributed by atoms with van der Waals surface area (Å²) in [5.74, 6) is -0.414. The number of hydrogen-bond donors (Lipinski definition) is 3. The minimum absolute atomic E-state index is 0.0613. The second kappa shape index (κ2) is 10.9. The van der Waals surface area contributed by atoms with Crippen LogP contribution in [0.3, 0.4) is 0 Å². The molecule has 2 fully saturated rings. The molecule has 0 bridgehead atoms. The molecular formula is C26H28AsClF3N2O3. The zero-order chi connectivity index (χ0) is 26.0. The van der Waals surface area contributed by atoms with Gasteiger partial charge in [0.15, 0.2) is 0 Å². The molecule has 1 saturated carbocycles. The van der Waals surface area contributed by atoms with Crippen molar-refractivity contribution in [2.24, 2.45) is 5.92 Å². The van der Waals surface area contributed by atoms with Gasteiger partial charge in [0.25, 0.3) is 0 Å². The Morgan fingerprint density at radius 2 is 1.81 bits per heavy atom. The van der Waals surface area contributed by atoms with Crippen molar-refractivity contribution in [2.45, 2.75) is 48.1 Å². The molecule has 0 spiro atoms. The van der Waals surface area contributed by atoms with Crippen molar-refractivity contribution >= 4 is 37.8 Å². The van der Waals surface area contributed by atoms with E-state index in [1.165, 1.54) is 12.1 Å². The summed E-state index contributed by atoms with van der Waals surface area (Å²) < 4.78 is 38.6. The quantitative estimate of drug-likeness (QED) is 0.418. The van der Waals surface area contributed by atoms with Gasteiger partial charge >= 0.3 is 220 Å². The number of halogens is 4. The summed E-state index contributed by atoms with van der Waals surface area (Å²) in [5, 5.41) is 17.8. The number of carbonyl (C=O) groups excluding carboxylic acids is 2. The summed E-state index contributed by atoms with van der Waals surface area (Å²) in [6.07, 6.45) is -0.894. The molecule has 36 heavy (non-hydrogen) atoms. The summed E-state index contributed by atoms with van der Waals surface area (Å²) in [6, 6.07) is 11.5. The molecule has 1 atom stereocenters. The molecule has 1 aliphatic carbocycles. The predicted octanol–water partition coefficient (Wildman–Crippen LogP) is 4.55. The van der Waals surface area contributed by atoms with Crippen LogP contribution in [-0.2, 0) is 16.6 Å². The molecule has 5 nitrogen and oxygen atoms in total. The topological polar surface area (TPSA) is 78.4 Å². The van der Waals surface area contributed by atoms with Crippen LogP contribution >= 0.6 is 11.6 Å². The standard InChI is InChI=1S/C26H28AsClF3N2O3/c28-21-6-4-19(5-7-21)25(36)10-8-18(9-11-25)24(12-13-32-16-24)27-22(34)15-33-23(35)17-2-1-3-20(14-17)26(29,30)31/h1-7,14,18,32,36H,8-13,15-16H2,(H,33,35)/t18?,24-,25?/m0/s1. The van der Waals surface area contributed by atoms with Gasteiger partial charge in [-0.2, -0.15) is 0 Å². The van der Waals surface area contributed by atoms with Crippen LogP contribution in [0.15, 0.2) is 48.5 Å². The van der Waals surface area contributed by atoms with Crippen molar-refractivity contribution in [3.05, 3.63) is 70.2 Å². The summed E-state index contributed by atoms with van der Waals surface area (Å²) in [4.78, 5) is 25.4. The summed E-state index contributed by atoms with van der Waals surface area (Å²) in [5.41, 5.74) is -1.08. The molecule has 1 radical (unpaired) electrons. The number of benzene rings is 2. The van der Waals surface area contributed by atoms with Crippen LogP contribution in [0.5, 0.6) is 0 Å². The first-order chi connectivity index (χ1) is 17.0. The number of amides is 1. The van der Waals surface area contributed by atoms with Gasteiger partial charge in [0.1, 0.15) is 0 Å². The SMILES string of the molecule is O=C(CNC(=O)c1cccc(C(F)(F)F)c1)[As][C@@]1(C2CCC(O)(c3ccc(Cl)cc3)CC2)CCNC1. The van der Waals surface area contributed by atoms with E-state index in [1.807, 2.05) is 12.1 Å². The van der Waals surface area contributed by atoms with Gasteiger partial charge in [-0.25, -0.2) is 0 Å². The van der Waals surface area contributed by atoms with E-state index in [4.69, 9.17) is 11.6 Å². The predicted molar refractivity (Wildman–Crippen MR) is 132 cm³/mol. The van der Waals surface area contributed by atoms with E-state index < -0.39 is 39.0 Å². The van der Waals surface area contributed by atoms with E-state index in [0.717, 1.165) is 50.0 Å². The molecule has 0 aromatic heterocycles. The molecule has 3 N–H and O–H groups in total. The number of carbonyl (C=O) groups is 2. The molecular weight excluding hydrogens is 556 g/mol. The van der Waals surface area contributed by atoms with E-state index in [2.05, 4.69) is 10.6 Å². The van der Waals surface area contributed by atoms with Crippen molar-refractivity contribution in [3.63, 3.8) is 0 Å². The molecule has 2 aromatic rings. The second-order valence-electron chi connectivity index (χ2n) is 9.61. The Kier molecular flexibility index (Phi) is 8.20. The summed E-state index contributed by atoms with van der Waals surface area (Å²) >= 11 is 5.20. The van der Waals surface area contributed by atoms with Crippen molar-refractivity contribution in [2.75, 3.05) is 19.6 Å². The normalized spacial score (nSPS) is 26.9. The van der Waals surface area contributed by atoms with E-state index >= 15 is 0 Å². The first-order valence-corrected chi connectivity index (χ1v) is 14.2. The number of hydrogen-bond acceptors (Lipinski definition) is 4. The maximum atomic E-state index is 12.9. The van der Waals surface area contributed by atoms with Gasteiger partial charge in [0.05, 0.1) is 0 Å². The third-order valence-corrected chi connectivity index (χ3v) is 10.9. The molecule has 4 rings (SSSR count). The molecule has 1 saturated heterocycles. The fraction of sp³-hybridized carbons (Fsp3) is 0.462. The van der Waals surface area contributed by atoms with Gasteiger partial charge < -0.3 is 0 Å². The molecule has 1 heterocycles. The summed E-state index contributed by atoms with van der Waals surface area (Å²) in [6.45, 7) is 1.35. The zero-order valence-electron chi connectivity index (χ0n) is 19.6. The van der Waals surface area contributed by atoms with Gasteiger partial charge in [-0.1, -0.05) is 0 Å². The third kappa shape index (κ3) is 6.16. The summed E-state index contributed by atoms with van der Waals surface area (Å²) in [7, 11) is 0. The maximum absolute atomic E-state index is 12.9. The fourth-order valence-electron chi connectivity index (χ4n) is 5.30. The van der Waals surface area contributed by atoms with E-state index in [-0.39, 0.29) is 26.8 Å². The van der Waals surface area contributed by atoms with Crippen molar-refractivity contribution in [1.29, 1.82) is 0 Å². The molecule has 2 aliphatic rings. The molecule has 1 aliphatic heterocycles. The van der Waals surface area contributed by atoms with E-state index in [1.54, 1.807) is 12.1 Å². The number of nitrogens with one attached hydrogen (secondary N) is 2. The molecule has 2 aromatic carbocycles. The Bertz CT molecular complexity index is 1100. The van der Waals surface area contributed by atoms with Crippen LogP contribution in [0.25, 0.3) is 0 Å². The number of alkyl halides is 3. The van der Waals surface area contributed by atoms with Crippen LogP contribution in [-0.4, -0.2) is 51.0 Å². The van der Waals surface area contributed by atoms with Gasteiger partial charge in [0.2, 0.25) is 0 Å². The first kappa shape index (κ1) is 27.2. The Morgan fingerprint density at radius 1 is 1.11 bits per heavy atom. The molecule has 0 unspecified atom stereocenters. The van der Waals surface area contributed by atoms with Crippen LogP contribution in [0.1, 0.15) is 53.6 Å². The Morgan fingerprint density at radius 3 is 2.42 bits per heavy atom. The van der Waals surface area contributed by atoms with Gasteiger partial charge in [-0.05, 0) is 0 Å². The monoisotopic (exact) mass is 583 g/mol. The van der Waals surface area contributed by atoms with Crippen LogP contribution < -0.4 is 10.6 Å².